The molecule has 0 aromatic heterocycles. The largest absolute Gasteiger partial charge is 0.354 e. The second-order valence-electron chi connectivity index (χ2n) is 3.63. The number of hydrogen-bond acceptors (Lipinski definition) is 3. The Morgan fingerprint density at radius 3 is 2.11 bits per heavy atom. The maximum absolute atomic E-state index is 10.8. The van der Waals surface area contributed by atoms with Gasteiger partial charge >= 0.3 is 0 Å². The number of imide groups is 1. The molecule has 90 valence electrons. The minimum atomic E-state index is 0.485. The highest BCUT2D eigenvalue weighted by atomic mass is 16.2. The molecule has 0 aliphatic heterocycles. The van der Waals surface area contributed by atoms with E-state index in [0.29, 0.717) is 24.2 Å². The van der Waals surface area contributed by atoms with Crippen molar-refractivity contribution >= 4 is 29.9 Å². The van der Waals surface area contributed by atoms with Crippen molar-refractivity contribution in [1.82, 2.24) is 0 Å². The van der Waals surface area contributed by atoms with E-state index in [0.717, 1.165) is 10.6 Å². The van der Waals surface area contributed by atoms with Crippen LogP contribution >= 0.6 is 0 Å². The molecule has 0 bridgehead atoms. The number of nitrogens with one attached hydrogen (secondary N) is 1. The first-order valence-corrected chi connectivity index (χ1v) is 5.45. The Labute approximate surface area is 105 Å². The highest BCUT2D eigenvalue weighted by Crippen LogP contribution is 2.27. The number of nitrogens with zero attached hydrogens (tertiary/aromatic N) is 1. The Balaban J connectivity index is 2.33. The van der Waals surface area contributed by atoms with Crippen molar-refractivity contribution in [3.63, 3.8) is 0 Å². The Hall–Kier alpha value is -2.62. The molecule has 2 amide bonds. The standard InChI is InChI=1S/C14H12N2O2/c17-10-16(11-18)14-9-5-4-8-13(14)15-12-6-2-1-3-7-12/h1-11,15H. The number of hydrogen-bond donors (Lipinski definition) is 1. The fourth-order valence-electron chi connectivity index (χ4n) is 1.62. The molecule has 0 fully saturated rings. The van der Waals surface area contributed by atoms with Crippen molar-refractivity contribution in [1.29, 1.82) is 0 Å². The zero-order chi connectivity index (χ0) is 12.8. The number of benzene rings is 2. The van der Waals surface area contributed by atoms with Crippen molar-refractivity contribution < 1.29 is 9.59 Å². The second kappa shape index (κ2) is 5.63. The summed E-state index contributed by atoms with van der Waals surface area (Å²) in [7, 11) is 0. The van der Waals surface area contributed by atoms with Crippen LogP contribution in [0.15, 0.2) is 54.6 Å². The summed E-state index contributed by atoms with van der Waals surface area (Å²) < 4.78 is 0. The summed E-state index contributed by atoms with van der Waals surface area (Å²) in [5.41, 5.74) is 2.11. The molecular formula is C14H12N2O2. The summed E-state index contributed by atoms with van der Waals surface area (Å²) in [5.74, 6) is 0. The van der Waals surface area contributed by atoms with Crippen LogP contribution in [0.1, 0.15) is 0 Å². The van der Waals surface area contributed by atoms with Gasteiger partial charge in [-0.2, -0.15) is 0 Å². The van der Waals surface area contributed by atoms with E-state index >= 15 is 0 Å². The lowest BCUT2D eigenvalue weighted by molar-refractivity contribution is -0.113. The van der Waals surface area contributed by atoms with Crippen LogP contribution in [0.3, 0.4) is 0 Å². The Bertz CT molecular complexity index is 533. The van der Waals surface area contributed by atoms with E-state index in [9.17, 15) is 9.59 Å². The van der Waals surface area contributed by atoms with Crippen molar-refractivity contribution in [2.45, 2.75) is 0 Å². The van der Waals surface area contributed by atoms with Gasteiger partial charge in [0, 0.05) is 5.69 Å². The van der Waals surface area contributed by atoms with Gasteiger partial charge in [-0.1, -0.05) is 30.3 Å². The minimum absolute atomic E-state index is 0.485. The number of para-hydroxylation sites is 3. The molecule has 4 heteroatoms. The van der Waals surface area contributed by atoms with Crippen molar-refractivity contribution in [2.24, 2.45) is 0 Å². The number of carbonyl (C=O) groups excluding carboxylic acids is 2. The maximum Gasteiger partial charge on any atom is 0.220 e. The normalized spacial score (nSPS) is 9.56. The first-order valence-electron chi connectivity index (χ1n) is 5.45. The van der Waals surface area contributed by atoms with Gasteiger partial charge in [0.15, 0.2) is 0 Å². The number of rotatable bonds is 5. The van der Waals surface area contributed by atoms with Gasteiger partial charge in [-0.3, -0.25) is 14.5 Å². The van der Waals surface area contributed by atoms with Crippen LogP contribution in [0.4, 0.5) is 17.1 Å². The number of amides is 2. The summed E-state index contributed by atoms with van der Waals surface area (Å²) in [4.78, 5) is 22.6. The summed E-state index contributed by atoms with van der Waals surface area (Å²) >= 11 is 0. The lowest BCUT2D eigenvalue weighted by Crippen LogP contribution is -2.19. The van der Waals surface area contributed by atoms with Gasteiger partial charge in [0.25, 0.3) is 0 Å². The molecule has 0 saturated carbocycles. The minimum Gasteiger partial charge on any atom is -0.354 e. The van der Waals surface area contributed by atoms with Gasteiger partial charge in [-0.25, -0.2) is 0 Å². The van der Waals surface area contributed by atoms with Crippen LogP contribution in [0.5, 0.6) is 0 Å². The molecule has 2 aromatic rings. The van der Waals surface area contributed by atoms with Crippen LogP contribution in [-0.4, -0.2) is 12.8 Å². The van der Waals surface area contributed by atoms with Crippen LogP contribution in [-0.2, 0) is 9.59 Å². The fraction of sp³-hybridized carbons (Fsp3) is 0. The zero-order valence-corrected chi connectivity index (χ0v) is 9.61. The SMILES string of the molecule is O=CN(C=O)c1ccccc1Nc1ccccc1. The molecule has 2 aromatic carbocycles. The topological polar surface area (TPSA) is 49.4 Å². The van der Waals surface area contributed by atoms with Crippen molar-refractivity contribution in [3.05, 3.63) is 54.6 Å². The van der Waals surface area contributed by atoms with E-state index in [2.05, 4.69) is 5.32 Å². The van der Waals surface area contributed by atoms with E-state index in [4.69, 9.17) is 0 Å². The molecule has 1 N–H and O–H groups in total. The molecule has 0 radical (unpaired) electrons. The Kier molecular flexibility index (Phi) is 3.71. The zero-order valence-electron chi connectivity index (χ0n) is 9.61. The number of carbonyl (C=O) groups is 2. The molecule has 0 aliphatic carbocycles. The molecule has 18 heavy (non-hydrogen) atoms. The molecule has 2 rings (SSSR count). The lowest BCUT2D eigenvalue weighted by Gasteiger charge is -2.15. The highest BCUT2D eigenvalue weighted by molar-refractivity contribution is 5.99. The first-order chi connectivity index (χ1) is 8.85. The molecule has 4 nitrogen and oxygen atoms in total. The van der Waals surface area contributed by atoms with E-state index in [1.165, 1.54) is 0 Å². The van der Waals surface area contributed by atoms with Crippen LogP contribution in [0.25, 0.3) is 0 Å². The van der Waals surface area contributed by atoms with Crippen LogP contribution in [0.2, 0.25) is 0 Å². The van der Waals surface area contributed by atoms with E-state index < -0.39 is 0 Å². The molecule has 0 saturated heterocycles. The lowest BCUT2D eigenvalue weighted by atomic mass is 10.2. The predicted octanol–water partition coefficient (Wildman–Crippen LogP) is 2.55. The van der Waals surface area contributed by atoms with Gasteiger partial charge < -0.3 is 5.32 Å². The fourth-order valence-corrected chi connectivity index (χ4v) is 1.62. The van der Waals surface area contributed by atoms with Gasteiger partial charge in [-0.05, 0) is 24.3 Å². The van der Waals surface area contributed by atoms with E-state index in [1.54, 1.807) is 12.1 Å². The van der Waals surface area contributed by atoms with E-state index in [1.807, 2.05) is 42.5 Å². The Morgan fingerprint density at radius 1 is 0.833 bits per heavy atom. The van der Waals surface area contributed by atoms with Crippen LogP contribution in [0, 0.1) is 0 Å². The summed E-state index contributed by atoms with van der Waals surface area (Å²) in [6, 6.07) is 16.7. The second-order valence-corrected chi connectivity index (χ2v) is 3.63. The van der Waals surface area contributed by atoms with Crippen LogP contribution < -0.4 is 10.2 Å². The Morgan fingerprint density at radius 2 is 1.44 bits per heavy atom. The van der Waals surface area contributed by atoms with Gasteiger partial charge in [-0.15, -0.1) is 0 Å². The van der Waals surface area contributed by atoms with Crippen molar-refractivity contribution in [3.8, 4) is 0 Å². The smallest absolute Gasteiger partial charge is 0.220 e. The van der Waals surface area contributed by atoms with E-state index in [-0.39, 0.29) is 0 Å². The maximum atomic E-state index is 10.8. The summed E-state index contributed by atoms with van der Waals surface area (Å²) in [6.45, 7) is 0. The average molecular weight is 240 g/mol. The summed E-state index contributed by atoms with van der Waals surface area (Å²) in [6.07, 6.45) is 0.969. The van der Waals surface area contributed by atoms with Gasteiger partial charge in [0.2, 0.25) is 12.8 Å². The number of anilines is 3. The van der Waals surface area contributed by atoms with Gasteiger partial charge in [0.05, 0.1) is 11.4 Å². The summed E-state index contributed by atoms with van der Waals surface area (Å²) in [5, 5.41) is 3.16. The molecule has 0 unspecified atom stereocenters. The monoisotopic (exact) mass is 240 g/mol. The van der Waals surface area contributed by atoms with Gasteiger partial charge in [0.1, 0.15) is 0 Å². The third kappa shape index (κ3) is 2.55. The molecule has 0 spiro atoms. The average Bonchev–Trinajstić information content (AvgIpc) is 2.43. The quantitative estimate of drug-likeness (QED) is 0.817. The third-order valence-corrected chi connectivity index (χ3v) is 2.46. The molecule has 0 heterocycles. The predicted molar refractivity (Wildman–Crippen MR) is 70.8 cm³/mol. The molecule has 0 aliphatic rings. The van der Waals surface area contributed by atoms with Crippen molar-refractivity contribution in [2.75, 3.05) is 10.2 Å². The third-order valence-electron chi connectivity index (χ3n) is 2.46. The first kappa shape index (κ1) is 11.9. The molecular weight excluding hydrogens is 228 g/mol. The highest BCUT2D eigenvalue weighted by Gasteiger charge is 2.08. The molecule has 0 atom stereocenters.